The highest BCUT2D eigenvalue weighted by Gasteiger charge is 2.01. The Morgan fingerprint density at radius 2 is 2.14 bits per heavy atom. The van der Waals surface area contributed by atoms with E-state index in [0.717, 1.165) is 6.29 Å². The number of rotatable bonds is 3. The van der Waals surface area contributed by atoms with Crippen molar-refractivity contribution in [1.29, 1.82) is 0 Å². The summed E-state index contributed by atoms with van der Waals surface area (Å²) in [7, 11) is 3.62. The maximum atomic E-state index is 12.8. The number of carbonyl (C=O) groups is 1. The lowest BCUT2D eigenvalue weighted by Gasteiger charge is -2.07. The summed E-state index contributed by atoms with van der Waals surface area (Å²) in [6.45, 7) is 0. The van der Waals surface area contributed by atoms with Crippen LogP contribution in [0.3, 0.4) is 0 Å². The summed E-state index contributed by atoms with van der Waals surface area (Å²) < 4.78 is 12.8. The summed E-state index contributed by atoms with van der Waals surface area (Å²) in [6.07, 6.45) is 2.37. The highest BCUT2D eigenvalue weighted by Crippen LogP contribution is 2.13. The molecular weight excluding hydrogens is 181 g/mol. The molecule has 74 valence electrons. The van der Waals surface area contributed by atoms with E-state index in [9.17, 15) is 9.18 Å². The molecule has 0 saturated heterocycles. The Morgan fingerprint density at radius 1 is 1.43 bits per heavy atom. The molecule has 3 heteroatoms. The van der Waals surface area contributed by atoms with Crippen LogP contribution in [0.15, 0.2) is 30.5 Å². The van der Waals surface area contributed by atoms with Crippen molar-refractivity contribution in [1.82, 2.24) is 4.90 Å². The largest absolute Gasteiger partial charge is 0.383 e. The van der Waals surface area contributed by atoms with Gasteiger partial charge >= 0.3 is 0 Å². The molecule has 14 heavy (non-hydrogen) atoms. The van der Waals surface area contributed by atoms with Crippen molar-refractivity contribution >= 4 is 11.9 Å². The molecule has 1 rings (SSSR count). The third-order valence-electron chi connectivity index (χ3n) is 1.68. The molecule has 0 aliphatic heterocycles. The van der Waals surface area contributed by atoms with Crippen molar-refractivity contribution in [3.63, 3.8) is 0 Å². The molecule has 2 nitrogen and oxygen atoms in total. The van der Waals surface area contributed by atoms with Gasteiger partial charge in [-0.25, -0.2) is 4.39 Å². The van der Waals surface area contributed by atoms with Crippen LogP contribution in [0.4, 0.5) is 4.39 Å². The van der Waals surface area contributed by atoms with Gasteiger partial charge in [0, 0.05) is 25.9 Å². The lowest BCUT2D eigenvalue weighted by molar-refractivity contribution is -0.103. The minimum absolute atomic E-state index is 0.339. The lowest BCUT2D eigenvalue weighted by Crippen LogP contribution is -2.03. The van der Waals surface area contributed by atoms with Crippen LogP contribution in [0.5, 0.6) is 0 Å². The van der Waals surface area contributed by atoms with Crippen LogP contribution in [-0.4, -0.2) is 25.3 Å². The van der Waals surface area contributed by atoms with Crippen molar-refractivity contribution in [2.75, 3.05) is 14.1 Å². The predicted octanol–water partition coefficient (Wildman–Crippen LogP) is 1.93. The molecule has 0 saturated carbocycles. The van der Waals surface area contributed by atoms with Gasteiger partial charge in [-0.2, -0.15) is 0 Å². The normalized spacial score (nSPS) is 11.2. The van der Waals surface area contributed by atoms with Crippen molar-refractivity contribution in [3.05, 3.63) is 41.8 Å². The number of allylic oxidation sites excluding steroid dienone is 1. The lowest BCUT2D eigenvalue weighted by atomic mass is 10.1. The van der Waals surface area contributed by atoms with E-state index in [4.69, 9.17) is 0 Å². The number of carbonyl (C=O) groups excluding carboxylic acids is 1. The van der Waals surface area contributed by atoms with Crippen molar-refractivity contribution < 1.29 is 9.18 Å². The molecule has 0 aromatic heterocycles. The van der Waals surface area contributed by atoms with Crippen LogP contribution in [0.2, 0.25) is 0 Å². The topological polar surface area (TPSA) is 20.3 Å². The Kier molecular flexibility index (Phi) is 3.40. The zero-order valence-corrected chi connectivity index (χ0v) is 8.20. The van der Waals surface area contributed by atoms with E-state index >= 15 is 0 Å². The number of nitrogens with zero attached hydrogens (tertiary/aromatic N) is 1. The van der Waals surface area contributed by atoms with Gasteiger partial charge in [-0.05, 0) is 17.7 Å². The molecule has 0 amide bonds. The summed E-state index contributed by atoms with van der Waals surface area (Å²) in [6, 6.07) is 5.97. The highest BCUT2D eigenvalue weighted by atomic mass is 19.1. The SMILES string of the molecule is CN(C)/C=C(\C=O)c1cccc(F)c1. The number of halogens is 1. The highest BCUT2D eigenvalue weighted by molar-refractivity contribution is 6.06. The molecular formula is C11H12FNO. The van der Waals surface area contributed by atoms with E-state index in [1.807, 2.05) is 14.1 Å². The minimum atomic E-state index is -0.339. The summed E-state index contributed by atoms with van der Waals surface area (Å²) >= 11 is 0. The van der Waals surface area contributed by atoms with Gasteiger partial charge in [0.2, 0.25) is 0 Å². The van der Waals surface area contributed by atoms with Gasteiger partial charge in [0.25, 0.3) is 0 Å². The number of hydrogen-bond donors (Lipinski definition) is 0. The first-order valence-corrected chi connectivity index (χ1v) is 4.23. The number of aldehydes is 1. The Bertz CT molecular complexity index is 358. The van der Waals surface area contributed by atoms with E-state index in [1.54, 1.807) is 23.2 Å². The third kappa shape index (κ3) is 2.69. The van der Waals surface area contributed by atoms with Gasteiger partial charge in [0.1, 0.15) is 5.82 Å². The quantitative estimate of drug-likeness (QED) is 0.540. The van der Waals surface area contributed by atoms with E-state index in [2.05, 4.69) is 0 Å². The van der Waals surface area contributed by atoms with E-state index in [1.165, 1.54) is 12.1 Å². The fraction of sp³-hybridized carbons (Fsp3) is 0.182. The van der Waals surface area contributed by atoms with Gasteiger partial charge in [-0.15, -0.1) is 0 Å². The van der Waals surface area contributed by atoms with Gasteiger partial charge in [-0.1, -0.05) is 12.1 Å². The van der Waals surface area contributed by atoms with Crippen molar-refractivity contribution in [3.8, 4) is 0 Å². The second-order valence-electron chi connectivity index (χ2n) is 3.18. The van der Waals surface area contributed by atoms with Crippen LogP contribution in [0.1, 0.15) is 5.56 Å². The molecule has 0 unspecified atom stereocenters. The Morgan fingerprint density at radius 3 is 2.64 bits per heavy atom. The molecule has 0 aliphatic carbocycles. The molecule has 0 aliphatic rings. The number of hydrogen-bond acceptors (Lipinski definition) is 2. The summed E-state index contributed by atoms with van der Waals surface area (Å²) in [5, 5.41) is 0. The molecule has 0 atom stereocenters. The minimum Gasteiger partial charge on any atom is -0.383 e. The second-order valence-corrected chi connectivity index (χ2v) is 3.18. The molecule has 0 spiro atoms. The predicted molar refractivity (Wildman–Crippen MR) is 54.1 cm³/mol. The van der Waals surface area contributed by atoms with Crippen LogP contribution in [0, 0.1) is 5.82 Å². The Balaban J connectivity index is 3.07. The first kappa shape index (κ1) is 10.4. The summed E-state index contributed by atoms with van der Waals surface area (Å²) in [5.41, 5.74) is 1.06. The zero-order valence-electron chi connectivity index (χ0n) is 8.20. The molecule has 1 aromatic rings. The second kappa shape index (κ2) is 4.56. The molecule has 1 aromatic carbocycles. The van der Waals surface area contributed by atoms with Crippen LogP contribution in [-0.2, 0) is 4.79 Å². The van der Waals surface area contributed by atoms with Crippen molar-refractivity contribution in [2.24, 2.45) is 0 Å². The van der Waals surface area contributed by atoms with Gasteiger partial charge < -0.3 is 4.90 Å². The van der Waals surface area contributed by atoms with Gasteiger partial charge in [0.15, 0.2) is 6.29 Å². The monoisotopic (exact) mass is 193 g/mol. The smallest absolute Gasteiger partial charge is 0.152 e. The first-order chi connectivity index (χ1) is 6.63. The number of benzene rings is 1. The summed E-state index contributed by atoms with van der Waals surface area (Å²) in [4.78, 5) is 12.5. The average molecular weight is 193 g/mol. The standard InChI is InChI=1S/C11H12FNO/c1-13(2)7-10(8-14)9-4-3-5-11(12)6-9/h3-8H,1-2H3/b10-7+. The van der Waals surface area contributed by atoms with Gasteiger partial charge in [-0.3, -0.25) is 4.79 Å². The molecule has 0 bridgehead atoms. The maximum Gasteiger partial charge on any atom is 0.152 e. The van der Waals surface area contributed by atoms with E-state index < -0.39 is 0 Å². The van der Waals surface area contributed by atoms with Crippen LogP contribution in [0.25, 0.3) is 5.57 Å². The van der Waals surface area contributed by atoms with Gasteiger partial charge in [0.05, 0.1) is 0 Å². The van der Waals surface area contributed by atoms with Crippen molar-refractivity contribution in [2.45, 2.75) is 0 Å². The third-order valence-corrected chi connectivity index (χ3v) is 1.68. The molecule has 0 fully saturated rings. The van der Waals surface area contributed by atoms with E-state index in [-0.39, 0.29) is 5.82 Å². The molecule has 0 N–H and O–H groups in total. The molecule has 0 radical (unpaired) electrons. The van der Waals surface area contributed by atoms with E-state index in [0.29, 0.717) is 11.1 Å². The van der Waals surface area contributed by atoms with Crippen LogP contribution >= 0.6 is 0 Å². The zero-order chi connectivity index (χ0) is 10.6. The fourth-order valence-corrected chi connectivity index (χ4v) is 1.12. The maximum absolute atomic E-state index is 12.8. The Labute approximate surface area is 82.7 Å². The van der Waals surface area contributed by atoms with Crippen LogP contribution < -0.4 is 0 Å². The molecule has 0 heterocycles. The Hall–Kier alpha value is -1.64. The fourth-order valence-electron chi connectivity index (χ4n) is 1.12. The summed E-state index contributed by atoms with van der Waals surface area (Å²) in [5.74, 6) is -0.339. The average Bonchev–Trinajstić information content (AvgIpc) is 2.14. The first-order valence-electron chi connectivity index (χ1n) is 4.23.